The number of halogens is 4. The number of benzene rings is 1. The summed E-state index contributed by atoms with van der Waals surface area (Å²) < 4.78 is 60.2. The van der Waals surface area contributed by atoms with Crippen LogP contribution in [0.15, 0.2) is 18.3 Å². The van der Waals surface area contributed by atoms with Gasteiger partial charge in [0.05, 0.1) is 37.3 Å². The number of aromatic nitrogens is 5. The van der Waals surface area contributed by atoms with E-state index in [1.165, 1.54) is 53.6 Å². The summed E-state index contributed by atoms with van der Waals surface area (Å²) in [5.41, 5.74) is 1.29. The van der Waals surface area contributed by atoms with E-state index in [4.69, 9.17) is 12.8 Å². The first kappa shape index (κ1) is 28.0. The van der Waals surface area contributed by atoms with E-state index in [2.05, 4.69) is 20.3 Å². The topological polar surface area (TPSA) is 63.3 Å². The second-order valence-corrected chi connectivity index (χ2v) is 12.2. The lowest BCUT2D eigenvalue weighted by Gasteiger charge is -2.41. The van der Waals surface area contributed by atoms with Crippen LogP contribution in [-0.2, 0) is 13.0 Å². The Morgan fingerprint density at radius 1 is 1.07 bits per heavy atom. The Labute approximate surface area is 237 Å². The van der Waals surface area contributed by atoms with Gasteiger partial charge in [-0.25, -0.2) is 32.0 Å². The number of nitrogens with one attached hydrogen (secondary N) is 1. The van der Waals surface area contributed by atoms with Gasteiger partial charge < -0.3 is 14.8 Å². The van der Waals surface area contributed by atoms with Gasteiger partial charge >= 0.3 is 0 Å². The third-order valence-corrected chi connectivity index (χ3v) is 8.34. The van der Waals surface area contributed by atoms with Crippen LogP contribution in [0.5, 0.6) is 0 Å². The first-order valence-corrected chi connectivity index (χ1v) is 14.3. The standard InChI is InChI=1S/C29H34BF4N7/c1-16-35-26-20(31)11-17(12-23(26)40(16)15-24(33)34)25-21(32)14-41-27(25)22(13-29(2,3)30)37-28(38-41)36-18-7-9-39(10-8-18)19-5-4-6-19/h11-12,14,18-19,24H,4-10,13,15H2,1-3H3,(H,36,38). The van der Waals surface area contributed by atoms with Crippen LogP contribution >= 0.6 is 0 Å². The van der Waals surface area contributed by atoms with Gasteiger partial charge in [-0.1, -0.05) is 25.6 Å². The maximum Gasteiger partial charge on any atom is 0.256 e. The van der Waals surface area contributed by atoms with Gasteiger partial charge in [-0.3, -0.25) is 0 Å². The Hall–Kier alpha value is -3.15. The highest BCUT2D eigenvalue weighted by molar-refractivity contribution is 6.14. The molecule has 2 radical (unpaired) electrons. The highest BCUT2D eigenvalue weighted by Gasteiger charge is 2.30. The van der Waals surface area contributed by atoms with Crippen molar-refractivity contribution < 1.29 is 17.6 Å². The molecule has 7 nitrogen and oxygen atoms in total. The number of likely N-dealkylation sites (tertiary alicyclic amines) is 1. The molecule has 0 atom stereocenters. The number of aryl methyl sites for hydroxylation is 1. The van der Waals surface area contributed by atoms with Crippen molar-refractivity contribution in [2.24, 2.45) is 0 Å². The molecule has 4 heterocycles. The Morgan fingerprint density at radius 2 is 1.80 bits per heavy atom. The molecular weight excluding hydrogens is 533 g/mol. The van der Waals surface area contributed by atoms with Crippen molar-refractivity contribution >= 4 is 30.3 Å². The maximum absolute atomic E-state index is 15.7. The zero-order chi connectivity index (χ0) is 29.1. The van der Waals surface area contributed by atoms with Crippen LogP contribution in [0.25, 0.3) is 27.7 Å². The molecule has 6 rings (SSSR count). The molecule has 1 saturated heterocycles. The van der Waals surface area contributed by atoms with E-state index in [0.717, 1.165) is 25.9 Å². The summed E-state index contributed by atoms with van der Waals surface area (Å²) in [4.78, 5) is 11.5. The number of hydrogen-bond acceptors (Lipinski definition) is 5. The summed E-state index contributed by atoms with van der Waals surface area (Å²) in [7, 11) is 6.39. The largest absolute Gasteiger partial charge is 0.350 e. The Morgan fingerprint density at radius 3 is 2.44 bits per heavy atom. The molecule has 216 valence electrons. The number of alkyl halides is 2. The van der Waals surface area contributed by atoms with E-state index in [-0.39, 0.29) is 34.0 Å². The predicted octanol–water partition coefficient (Wildman–Crippen LogP) is 5.94. The molecule has 0 spiro atoms. The third-order valence-electron chi connectivity index (χ3n) is 8.34. The Kier molecular flexibility index (Phi) is 7.24. The van der Waals surface area contributed by atoms with E-state index < -0.39 is 29.9 Å². The molecule has 1 N–H and O–H groups in total. The van der Waals surface area contributed by atoms with Gasteiger partial charge in [0, 0.05) is 30.7 Å². The van der Waals surface area contributed by atoms with Crippen molar-refractivity contribution in [3.8, 4) is 11.1 Å². The van der Waals surface area contributed by atoms with Gasteiger partial charge in [0.1, 0.15) is 11.3 Å². The summed E-state index contributed by atoms with van der Waals surface area (Å²) in [6, 6.07) is 3.58. The lowest BCUT2D eigenvalue weighted by molar-refractivity contribution is 0.101. The van der Waals surface area contributed by atoms with E-state index in [1.807, 2.05) is 13.8 Å². The van der Waals surface area contributed by atoms with Gasteiger partial charge in [0.25, 0.3) is 6.43 Å². The molecule has 2 fully saturated rings. The fourth-order valence-electron chi connectivity index (χ4n) is 6.17. The van der Waals surface area contributed by atoms with Crippen molar-refractivity contribution in [2.75, 3.05) is 18.4 Å². The average Bonchev–Trinajstić information content (AvgIpc) is 3.34. The molecule has 41 heavy (non-hydrogen) atoms. The second-order valence-electron chi connectivity index (χ2n) is 12.2. The smallest absolute Gasteiger partial charge is 0.256 e. The number of anilines is 1. The number of nitrogens with zero attached hydrogens (tertiary/aromatic N) is 6. The quantitative estimate of drug-likeness (QED) is 0.211. The molecule has 0 unspecified atom stereocenters. The van der Waals surface area contributed by atoms with Crippen LogP contribution in [-0.4, -0.2) is 68.5 Å². The van der Waals surface area contributed by atoms with Crippen molar-refractivity contribution in [1.82, 2.24) is 29.0 Å². The molecule has 0 amide bonds. The maximum atomic E-state index is 15.7. The lowest BCUT2D eigenvalue weighted by atomic mass is 9.69. The SMILES string of the molecule is [B]C(C)(C)Cc1nc(NC2CCN(C3CCC3)CC2)nn2cc(F)c(-c3cc(F)c4nc(C)n(CC(F)F)c4c3)c12. The number of piperidine rings is 1. The van der Waals surface area contributed by atoms with Crippen LogP contribution in [0, 0.1) is 18.6 Å². The van der Waals surface area contributed by atoms with Gasteiger partial charge in [-0.05, 0) is 56.7 Å². The Bertz CT molecular complexity index is 1580. The number of imidazole rings is 1. The van der Waals surface area contributed by atoms with E-state index in [1.54, 1.807) is 0 Å². The minimum atomic E-state index is -2.66. The first-order chi connectivity index (χ1) is 19.5. The minimum Gasteiger partial charge on any atom is -0.350 e. The van der Waals surface area contributed by atoms with Crippen molar-refractivity contribution in [3.63, 3.8) is 0 Å². The van der Waals surface area contributed by atoms with E-state index in [9.17, 15) is 8.78 Å². The van der Waals surface area contributed by atoms with Crippen molar-refractivity contribution in [3.05, 3.63) is 41.5 Å². The fraction of sp³-hybridized carbons (Fsp3) is 0.552. The van der Waals surface area contributed by atoms with Gasteiger partial charge in [0.15, 0.2) is 11.6 Å². The average molecular weight is 567 g/mol. The third kappa shape index (κ3) is 5.55. The predicted molar refractivity (Wildman–Crippen MR) is 152 cm³/mol. The molecule has 4 aromatic rings. The molecule has 1 aliphatic heterocycles. The molecule has 1 aromatic carbocycles. The molecular formula is C29H34BF4N7. The number of rotatable bonds is 8. The number of hydrogen-bond donors (Lipinski definition) is 1. The highest BCUT2D eigenvalue weighted by atomic mass is 19.3. The molecule has 12 heteroatoms. The van der Waals surface area contributed by atoms with Gasteiger partial charge in [-0.15, -0.1) is 5.10 Å². The first-order valence-electron chi connectivity index (χ1n) is 14.3. The van der Waals surface area contributed by atoms with Crippen molar-refractivity contribution in [2.45, 2.75) is 89.7 Å². The van der Waals surface area contributed by atoms with Gasteiger partial charge in [0.2, 0.25) is 5.95 Å². The molecule has 0 bridgehead atoms. The minimum absolute atomic E-state index is 0.0368. The molecule has 1 aliphatic carbocycles. The van der Waals surface area contributed by atoms with E-state index in [0.29, 0.717) is 29.6 Å². The summed E-state index contributed by atoms with van der Waals surface area (Å²) in [6.07, 6.45) is 4.69. The molecule has 3 aromatic heterocycles. The van der Waals surface area contributed by atoms with Crippen LogP contribution in [0.2, 0.25) is 5.31 Å². The fourth-order valence-corrected chi connectivity index (χ4v) is 6.17. The second kappa shape index (κ2) is 10.6. The van der Waals surface area contributed by atoms with Crippen molar-refractivity contribution in [1.29, 1.82) is 0 Å². The van der Waals surface area contributed by atoms with Crippen LogP contribution < -0.4 is 5.32 Å². The van der Waals surface area contributed by atoms with Crippen LogP contribution in [0.4, 0.5) is 23.5 Å². The summed E-state index contributed by atoms with van der Waals surface area (Å²) in [5, 5.41) is 7.35. The van der Waals surface area contributed by atoms with Crippen LogP contribution in [0.3, 0.4) is 0 Å². The summed E-state index contributed by atoms with van der Waals surface area (Å²) >= 11 is 0. The zero-order valence-electron chi connectivity index (χ0n) is 23.6. The highest BCUT2D eigenvalue weighted by Crippen LogP contribution is 2.37. The summed E-state index contributed by atoms with van der Waals surface area (Å²) in [6.45, 7) is 6.64. The molecule has 1 saturated carbocycles. The zero-order valence-corrected chi connectivity index (χ0v) is 23.6. The number of fused-ring (bicyclic) bond motifs is 2. The van der Waals surface area contributed by atoms with Gasteiger partial charge in [-0.2, -0.15) is 0 Å². The lowest BCUT2D eigenvalue weighted by Crippen LogP contribution is -2.47. The van der Waals surface area contributed by atoms with Crippen LogP contribution in [0.1, 0.15) is 57.5 Å². The Balaban J connectivity index is 1.40. The summed E-state index contributed by atoms with van der Waals surface area (Å²) in [5.74, 6) is -0.716. The monoisotopic (exact) mass is 567 g/mol. The molecule has 2 aliphatic rings. The van der Waals surface area contributed by atoms with E-state index >= 15 is 8.78 Å². The normalized spacial score (nSPS) is 17.7.